The van der Waals surface area contributed by atoms with Gasteiger partial charge in [0.15, 0.2) is 11.6 Å². The topological polar surface area (TPSA) is 47.6 Å². The number of hydrogen-bond donors (Lipinski definition) is 0. The number of benzene rings is 4. The molecular weight excluding hydrogens is 378 g/mol. The molecule has 0 aliphatic heterocycles. The molecule has 142 valence electrons. The van der Waals surface area contributed by atoms with Crippen molar-refractivity contribution in [2.45, 2.75) is 0 Å². The molecule has 4 rings (SSSR count). The first-order chi connectivity index (χ1) is 14.7. The van der Waals surface area contributed by atoms with Crippen LogP contribution in [0.4, 0.5) is 8.78 Å². The van der Waals surface area contributed by atoms with E-state index in [4.69, 9.17) is 0 Å². The van der Waals surface area contributed by atoms with Gasteiger partial charge in [0.1, 0.15) is 12.1 Å². The molecule has 0 heterocycles. The third-order valence-corrected chi connectivity index (χ3v) is 4.95. The van der Waals surface area contributed by atoms with Gasteiger partial charge in [0.25, 0.3) is 0 Å². The molecule has 2 nitrogen and oxygen atoms in total. The van der Waals surface area contributed by atoms with Gasteiger partial charge in [-0.3, -0.25) is 0 Å². The summed E-state index contributed by atoms with van der Waals surface area (Å²) >= 11 is 0. The second-order valence-electron chi connectivity index (χ2n) is 6.63. The highest BCUT2D eigenvalue weighted by atomic mass is 19.1. The van der Waals surface area contributed by atoms with E-state index in [1.54, 1.807) is 54.6 Å². The van der Waals surface area contributed by atoms with E-state index >= 15 is 8.78 Å². The minimum Gasteiger partial charge on any atom is -0.205 e. The van der Waals surface area contributed by atoms with Crippen LogP contribution in [-0.4, -0.2) is 0 Å². The summed E-state index contributed by atoms with van der Waals surface area (Å²) in [6.45, 7) is 0. The Bertz CT molecular complexity index is 1270. The van der Waals surface area contributed by atoms with Crippen LogP contribution in [0, 0.1) is 34.3 Å². The van der Waals surface area contributed by atoms with E-state index in [0.29, 0.717) is 11.1 Å². The highest BCUT2D eigenvalue weighted by Crippen LogP contribution is 2.41. The van der Waals surface area contributed by atoms with Crippen LogP contribution in [0.5, 0.6) is 0 Å². The normalized spacial score (nSPS) is 10.3. The number of nitrogens with zero attached hydrogens (tertiary/aromatic N) is 2. The van der Waals surface area contributed by atoms with Gasteiger partial charge < -0.3 is 0 Å². The molecule has 0 fully saturated rings. The minimum absolute atomic E-state index is 0.0332. The zero-order chi connectivity index (χ0) is 21.1. The molecule has 0 amide bonds. The van der Waals surface area contributed by atoms with Crippen LogP contribution in [-0.2, 0) is 0 Å². The fourth-order valence-corrected chi connectivity index (χ4v) is 3.60. The fourth-order valence-electron chi connectivity index (χ4n) is 3.60. The summed E-state index contributed by atoms with van der Waals surface area (Å²) in [5, 5.41) is 19.6. The third kappa shape index (κ3) is 3.11. The molecule has 0 N–H and O–H groups in total. The van der Waals surface area contributed by atoms with Crippen LogP contribution < -0.4 is 0 Å². The van der Waals surface area contributed by atoms with E-state index in [1.807, 2.05) is 42.5 Å². The van der Waals surface area contributed by atoms with Crippen molar-refractivity contribution in [2.24, 2.45) is 0 Å². The standard InChI is InChI=1S/C26H14F2N2/c27-25-21(15-29)24(20-14-8-7-13-19(20)17-9-3-1-4-10-17)22(16-30)26(28)23(25)18-11-5-2-6-12-18/h1-14H. The highest BCUT2D eigenvalue weighted by Gasteiger charge is 2.27. The Balaban J connectivity index is 2.10. The molecule has 0 spiro atoms. The zero-order valence-electron chi connectivity index (χ0n) is 15.7. The Morgan fingerprint density at radius 2 is 0.933 bits per heavy atom. The quantitative estimate of drug-likeness (QED) is 0.389. The maximum Gasteiger partial charge on any atom is 0.152 e. The van der Waals surface area contributed by atoms with Gasteiger partial charge in [-0.15, -0.1) is 0 Å². The van der Waals surface area contributed by atoms with Gasteiger partial charge in [-0.05, 0) is 22.3 Å². The zero-order valence-corrected chi connectivity index (χ0v) is 15.7. The molecule has 0 radical (unpaired) electrons. The lowest BCUT2D eigenvalue weighted by Crippen LogP contribution is -2.04. The van der Waals surface area contributed by atoms with Gasteiger partial charge >= 0.3 is 0 Å². The molecule has 0 atom stereocenters. The molecule has 4 aromatic rings. The maximum absolute atomic E-state index is 15.4. The van der Waals surface area contributed by atoms with Crippen molar-refractivity contribution in [3.05, 3.63) is 108 Å². The van der Waals surface area contributed by atoms with E-state index in [-0.39, 0.29) is 27.8 Å². The van der Waals surface area contributed by atoms with Gasteiger partial charge in [-0.1, -0.05) is 84.9 Å². The van der Waals surface area contributed by atoms with Crippen molar-refractivity contribution in [1.29, 1.82) is 10.5 Å². The molecule has 4 aromatic carbocycles. The van der Waals surface area contributed by atoms with Crippen LogP contribution in [0.15, 0.2) is 84.9 Å². The lowest BCUT2D eigenvalue weighted by molar-refractivity contribution is 0.586. The summed E-state index contributed by atoms with van der Waals surface area (Å²) in [6.07, 6.45) is 0. The molecule has 0 aliphatic rings. The van der Waals surface area contributed by atoms with Gasteiger partial charge in [0, 0.05) is 5.56 Å². The van der Waals surface area contributed by atoms with E-state index in [9.17, 15) is 10.5 Å². The molecule has 4 heteroatoms. The first-order valence-electron chi connectivity index (χ1n) is 9.22. The van der Waals surface area contributed by atoms with Gasteiger partial charge in [-0.25, -0.2) is 8.78 Å². The molecule has 0 unspecified atom stereocenters. The van der Waals surface area contributed by atoms with Gasteiger partial charge in [-0.2, -0.15) is 10.5 Å². The van der Waals surface area contributed by atoms with Crippen molar-refractivity contribution < 1.29 is 8.78 Å². The monoisotopic (exact) mass is 392 g/mol. The Morgan fingerprint density at radius 1 is 0.500 bits per heavy atom. The minimum atomic E-state index is -0.974. The number of hydrogen-bond acceptors (Lipinski definition) is 2. The largest absolute Gasteiger partial charge is 0.205 e. The molecule has 0 aromatic heterocycles. The van der Waals surface area contributed by atoms with Crippen molar-refractivity contribution in [3.8, 4) is 45.5 Å². The lowest BCUT2D eigenvalue weighted by Gasteiger charge is -2.17. The van der Waals surface area contributed by atoms with E-state index in [1.165, 1.54) is 0 Å². The summed E-state index contributed by atoms with van der Waals surface area (Å²) in [7, 11) is 0. The predicted molar refractivity (Wildman–Crippen MR) is 112 cm³/mol. The SMILES string of the molecule is N#Cc1c(F)c(-c2ccccc2)c(F)c(C#N)c1-c1ccccc1-c1ccccc1. The van der Waals surface area contributed by atoms with Crippen LogP contribution in [0.3, 0.4) is 0 Å². The van der Waals surface area contributed by atoms with Crippen LogP contribution >= 0.6 is 0 Å². The first kappa shape index (κ1) is 19.1. The van der Waals surface area contributed by atoms with E-state index < -0.39 is 11.6 Å². The number of rotatable bonds is 3. The molecule has 0 aliphatic carbocycles. The van der Waals surface area contributed by atoms with Crippen LogP contribution in [0.1, 0.15) is 11.1 Å². The third-order valence-electron chi connectivity index (χ3n) is 4.95. The Labute approximate surface area is 172 Å². The second kappa shape index (κ2) is 7.99. The molecule has 0 saturated carbocycles. The average Bonchev–Trinajstić information content (AvgIpc) is 2.80. The van der Waals surface area contributed by atoms with E-state index in [2.05, 4.69) is 0 Å². The predicted octanol–water partition coefficient (Wildman–Crippen LogP) is 6.71. The van der Waals surface area contributed by atoms with Crippen molar-refractivity contribution in [3.63, 3.8) is 0 Å². The highest BCUT2D eigenvalue weighted by molar-refractivity contribution is 5.90. The van der Waals surface area contributed by atoms with Crippen LogP contribution in [0.25, 0.3) is 33.4 Å². The lowest BCUT2D eigenvalue weighted by atomic mass is 9.86. The van der Waals surface area contributed by atoms with Crippen molar-refractivity contribution >= 4 is 0 Å². The first-order valence-corrected chi connectivity index (χ1v) is 9.22. The summed E-state index contributed by atoms with van der Waals surface area (Å²) < 4.78 is 30.9. The number of nitriles is 2. The van der Waals surface area contributed by atoms with E-state index in [0.717, 1.165) is 5.56 Å². The van der Waals surface area contributed by atoms with Crippen LogP contribution in [0.2, 0.25) is 0 Å². The second-order valence-corrected chi connectivity index (χ2v) is 6.63. The molecule has 30 heavy (non-hydrogen) atoms. The molecular formula is C26H14F2N2. The maximum atomic E-state index is 15.4. The average molecular weight is 392 g/mol. The van der Waals surface area contributed by atoms with Crippen molar-refractivity contribution in [1.82, 2.24) is 0 Å². The smallest absolute Gasteiger partial charge is 0.152 e. The van der Waals surface area contributed by atoms with Gasteiger partial charge in [0.2, 0.25) is 0 Å². The summed E-state index contributed by atoms with van der Waals surface area (Å²) in [6, 6.07) is 28.1. The Hall–Kier alpha value is -4.28. The van der Waals surface area contributed by atoms with Crippen molar-refractivity contribution in [2.75, 3.05) is 0 Å². The summed E-state index contributed by atoms with van der Waals surface area (Å²) in [4.78, 5) is 0. The molecule has 0 saturated heterocycles. The molecule has 0 bridgehead atoms. The number of halogens is 2. The summed E-state index contributed by atoms with van der Waals surface area (Å²) in [5.41, 5.74) is 1.08. The summed E-state index contributed by atoms with van der Waals surface area (Å²) in [5.74, 6) is -1.95. The Morgan fingerprint density at radius 3 is 1.43 bits per heavy atom. The fraction of sp³-hybridized carbons (Fsp3) is 0. The van der Waals surface area contributed by atoms with Gasteiger partial charge in [0.05, 0.1) is 16.7 Å². The Kier molecular flexibility index (Phi) is 5.08.